The molecule has 1 aromatic rings. The van der Waals surface area contributed by atoms with Crippen molar-refractivity contribution in [3.63, 3.8) is 0 Å². The van der Waals surface area contributed by atoms with E-state index in [1.165, 1.54) is 0 Å². The Kier molecular flexibility index (Phi) is 2.31. The second-order valence-electron chi connectivity index (χ2n) is 1.68. The van der Waals surface area contributed by atoms with E-state index >= 15 is 0 Å². The summed E-state index contributed by atoms with van der Waals surface area (Å²) in [5, 5.41) is 9.09. The van der Waals surface area contributed by atoms with Crippen LogP contribution in [0.4, 0.5) is 4.79 Å². The lowest BCUT2D eigenvalue weighted by molar-refractivity contribution is 0.146. The highest BCUT2D eigenvalue weighted by Gasteiger charge is 2.10. The van der Waals surface area contributed by atoms with E-state index in [4.69, 9.17) is 16.7 Å². The van der Waals surface area contributed by atoms with Gasteiger partial charge in [0.1, 0.15) is 0 Å². The van der Waals surface area contributed by atoms with Crippen molar-refractivity contribution in [2.45, 2.75) is 6.92 Å². The molecule has 1 rings (SSSR count). The largest absolute Gasteiger partial charge is 0.512 e. The molecule has 0 fully saturated rings. The predicted molar refractivity (Wildman–Crippen MR) is 40.5 cm³/mol. The Morgan fingerprint density at radius 2 is 2.45 bits per heavy atom. The zero-order valence-electron chi connectivity index (χ0n) is 5.50. The lowest BCUT2D eigenvalue weighted by atomic mass is 10.8. The Balaban J connectivity index is 2.85. The number of aromatic nitrogens is 1. The Labute approximate surface area is 71.4 Å². The topological polar surface area (TPSA) is 59.4 Å². The smallest absolute Gasteiger partial charge is 0.449 e. The predicted octanol–water partition coefficient (Wildman–Crippen LogP) is 2.16. The fraction of sp³-hybridized carbons (Fsp3) is 0.200. The molecule has 6 heteroatoms. The van der Waals surface area contributed by atoms with Gasteiger partial charge in [-0.1, -0.05) is 22.9 Å². The van der Waals surface area contributed by atoms with Crippen molar-refractivity contribution in [1.29, 1.82) is 0 Å². The maximum atomic E-state index is 10.0. The number of thiazole rings is 1. The summed E-state index contributed by atoms with van der Waals surface area (Å²) in [5.41, 5.74) is 0. The van der Waals surface area contributed by atoms with Gasteiger partial charge in [-0.05, 0) is 6.92 Å². The van der Waals surface area contributed by atoms with Crippen LogP contribution in [0.1, 0.15) is 5.01 Å². The summed E-state index contributed by atoms with van der Waals surface area (Å²) in [6.45, 7) is 1.71. The van der Waals surface area contributed by atoms with Crippen molar-refractivity contribution < 1.29 is 14.6 Å². The van der Waals surface area contributed by atoms with E-state index in [2.05, 4.69) is 9.72 Å². The minimum absolute atomic E-state index is 0.0925. The fourth-order valence-corrected chi connectivity index (χ4v) is 1.50. The number of carbonyl (C=O) groups is 1. The highest BCUT2D eigenvalue weighted by Crippen LogP contribution is 2.30. The molecule has 0 amide bonds. The molecule has 0 radical (unpaired) electrons. The fourth-order valence-electron chi connectivity index (χ4n) is 0.525. The first kappa shape index (κ1) is 8.29. The molecule has 0 aromatic carbocycles. The molecule has 1 N–H and O–H groups in total. The standard InChI is InChI=1S/C5H4ClNO3S/c1-2-7-3(6)4(11-2)10-5(8)9/h1H3,(H,8,9). The molecule has 0 saturated carbocycles. The maximum absolute atomic E-state index is 10.0. The van der Waals surface area contributed by atoms with Crippen molar-refractivity contribution in [2.24, 2.45) is 0 Å². The molecule has 60 valence electrons. The second kappa shape index (κ2) is 3.06. The van der Waals surface area contributed by atoms with Gasteiger partial charge in [0.05, 0.1) is 5.01 Å². The van der Waals surface area contributed by atoms with Crippen LogP contribution in [-0.2, 0) is 0 Å². The number of rotatable bonds is 1. The molecule has 0 aliphatic carbocycles. The molecule has 0 bridgehead atoms. The number of ether oxygens (including phenoxy) is 1. The van der Waals surface area contributed by atoms with Gasteiger partial charge in [0.2, 0.25) is 5.06 Å². The zero-order valence-corrected chi connectivity index (χ0v) is 7.07. The van der Waals surface area contributed by atoms with Gasteiger partial charge in [-0.25, -0.2) is 9.78 Å². The van der Waals surface area contributed by atoms with Gasteiger partial charge in [-0.15, -0.1) is 0 Å². The van der Waals surface area contributed by atoms with Crippen LogP contribution in [0.25, 0.3) is 0 Å². The summed E-state index contributed by atoms with van der Waals surface area (Å²) < 4.78 is 4.31. The molecule has 1 aromatic heterocycles. The lowest BCUT2D eigenvalue weighted by Gasteiger charge is -1.91. The van der Waals surface area contributed by atoms with Gasteiger partial charge in [0, 0.05) is 0 Å². The van der Waals surface area contributed by atoms with Crippen LogP contribution in [0.15, 0.2) is 0 Å². The summed E-state index contributed by atoms with van der Waals surface area (Å²) in [4.78, 5) is 13.8. The number of hydrogen-bond acceptors (Lipinski definition) is 4. The Hall–Kier alpha value is -0.810. The molecule has 0 aliphatic heterocycles. The van der Waals surface area contributed by atoms with Crippen LogP contribution in [0.3, 0.4) is 0 Å². The Bertz CT molecular complexity index is 285. The summed E-state index contributed by atoms with van der Waals surface area (Å²) >= 11 is 6.60. The number of halogens is 1. The molecule has 11 heavy (non-hydrogen) atoms. The van der Waals surface area contributed by atoms with E-state index in [0.717, 1.165) is 11.3 Å². The number of carboxylic acid groups (broad SMARTS) is 1. The summed E-state index contributed by atoms with van der Waals surface area (Å²) in [6, 6.07) is 0. The summed E-state index contributed by atoms with van der Waals surface area (Å²) in [7, 11) is 0. The second-order valence-corrected chi connectivity index (χ2v) is 3.20. The van der Waals surface area contributed by atoms with Gasteiger partial charge < -0.3 is 9.84 Å². The highest BCUT2D eigenvalue weighted by molar-refractivity contribution is 7.14. The Morgan fingerprint density at radius 1 is 1.82 bits per heavy atom. The molecule has 0 aliphatic rings. The van der Waals surface area contributed by atoms with Crippen LogP contribution in [0, 0.1) is 6.92 Å². The monoisotopic (exact) mass is 193 g/mol. The molecule has 0 saturated heterocycles. The molecule has 0 atom stereocenters. The van der Waals surface area contributed by atoms with Crippen molar-refractivity contribution >= 4 is 29.1 Å². The van der Waals surface area contributed by atoms with Crippen molar-refractivity contribution in [3.05, 3.63) is 10.2 Å². The van der Waals surface area contributed by atoms with Gasteiger partial charge in [0.15, 0.2) is 5.15 Å². The van der Waals surface area contributed by atoms with Gasteiger partial charge in [-0.3, -0.25) is 0 Å². The van der Waals surface area contributed by atoms with E-state index in [1.807, 2.05) is 0 Å². The molecular formula is C5H4ClNO3S. The van der Waals surface area contributed by atoms with E-state index in [1.54, 1.807) is 6.92 Å². The molecular weight excluding hydrogens is 190 g/mol. The van der Waals surface area contributed by atoms with E-state index < -0.39 is 6.16 Å². The Morgan fingerprint density at radius 3 is 2.82 bits per heavy atom. The normalized spacial score (nSPS) is 9.64. The van der Waals surface area contributed by atoms with E-state index in [-0.39, 0.29) is 10.2 Å². The minimum atomic E-state index is -1.38. The third-order valence-electron chi connectivity index (χ3n) is 0.844. The third-order valence-corrected chi connectivity index (χ3v) is 2.06. The number of aryl methyl sites for hydroxylation is 1. The minimum Gasteiger partial charge on any atom is -0.449 e. The van der Waals surface area contributed by atoms with Crippen molar-refractivity contribution in [2.75, 3.05) is 0 Å². The van der Waals surface area contributed by atoms with Crippen LogP contribution in [0.5, 0.6) is 5.06 Å². The number of hydrogen-bond donors (Lipinski definition) is 1. The van der Waals surface area contributed by atoms with Gasteiger partial charge >= 0.3 is 6.16 Å². The summed E-state index contributed by atoms with van der Waals surface area (Å²) in [6.07, 6.45) is -1.38. The van der Waals surface area contributed by atoms with Crippen LogP contribution < -0.4 is 4.74 Å². The maximum Gasteiger partial charge on any atom is 0.512 e. The number of nitrogens with zero attached hydrogens (tertiary/aromatic N) is 1. The first-order valence-corrected chi connectivity index (χ1v) is 3.82. The first-order chi connectivity index (χ1) is 5.09. The highest BCUT2D eigenvalue weighted by atomic mass is 35.5. The SMILES string of the molecule is Cc1nc(Cl)c(OC(=O)O)s1. The molecule has 0 spiro atoms. The molecule has 4 nitrogen and oxygen atoms in total. The quantitative estimate of drug-likeness (QED) is 0.695. The van der Waals surface area contributed by atoms with Crippen LogP contribution in [0.2, 0.25) is 5.15 Å². The van der Waals surface area contributed by atoms with E-state index in [9.17, 15) is 4.79 Å². The van der Waals surface area contributed by atoms with Crippen LogP contribution >= 0.6 is 22.9 Å². The first-order valence-electron chi connectivity index (χ1n) is 2.63. The zero-order chi connectivity index (χ0) is 8.43. The third kappa shape index (κ3) is 2.06. The van der Waals surface area contributed by atoms with Crippen molar-refractivity contribution in [3.8, 4) is 5.06 Å². The van der Waals surface area contributed by atoms with E-state index in [0.29, 0.717) is 5.01 Å². The molecule has 1 heterocycles. The lowest BCUT2D eigenvalue weighted by Crippen LogP contribution is -2.01. The molecule has 0 unspecified atom stereocenters. The van der Waals surface area contributed by atoms with Crippen LogP contribution in [-0.4, -0.2) is 16.2 Å². The average Bonchev–Trinajstić information content (AvgIpc) is 2.09. The average molecular weight is 194 g/mol. The summed E-state index contributed by atoms with van der Waals surface area (Å²) in [5.74, 6) is 0. The van der Waals surface area contributed by atoms with Crippen molar-refractivity contribution in [1.82, 2.24) is 4.98 Å². The van der Waals surface area contributed by atoms with Gasteiger partial charge in [-0.2, -0.15) is 0 Å². The van der Waals surface area contributed by atoms with Gasteiger partial charge in [0.25, 0.3) is 0 Å².